The number of ether oxygens (including phenoxy) is 1. The van der Waals surface area contributed by atoms with E-state index in [0.717, 1.165) is 25.0 Å². The van der Waals surface area contributed by atoms with Crippen molar-refractivity contribution in [1.82, 2.24) is 0 Å². The minimum Gasteiger partial charge on any atom is -0.466 e. The van der Waals surface area contributed by atoms with Crippen molar-refractivity contribution in [2.24, 2.45) is 11.7 Å². The van der Waals surface area contributed by atoms with Gasteiger partial charge in [-0.25, -0.2) is 0 Å². The maximum atomic E-state index is 11.6. The largest absolute Gasteiger partial charge is 0.466 e. The Hall–Kier alpha value is -0.260. The Morgan fingerprint density at radius 1 is 1.53 bits per heavy atom. The van der Waals surface area contributed by atoms with E-state index in [1.165, 1.54) is 0 Å². The number of thioether (sulfide) groups is 1. The topological polar surface area (TPSA) is 72.5 Å². The molecule has 0 bridgehead atoms. The van der Waals surface area contributed by atoms with E-state index in [2.05, 4.69) is 6.92 Å². The van der Waals surface area contributed by atoms with Crippen molar-refractivity contribution in [3.8, 4) is 0 Å². The van der Waals surface area contributed by atoms with Crippen LogP contribution in [0.4, 0.5) is 0 Å². The Balaban J connectivity index is 2.32. The minimum atomic E-state index is -0.615. The molecule has 1 saturated carbocycles. The fourth-order valence-corrected chi connectivity index (χ4v) is 3.60. The first-order valence-electron chi connectivity index (χ1n) is 7.21. The van der Waals surface area contributed by atoms with Gasteiger partial charge >= 0.3 is 5.97 Å². The Labute approximate surface area is 120 Å². The maximum absolute atomic E-state index is 11.6. The first kappa shape index (κ1) is 16.8. The molecule has 1 unspecified atom stereocenters. The molecule has 0 aliphatic heterocycles. The summed E-state index contributed by atoms with van der Waals surface area (Å²) in [6.07, 6.45) is 3.84. The van der Waals surface area contributed by atoms with Gasteiger partial charge < -0.3 is 15.6 Å². The van der Waals surface area contributed by atoms with E-state index in [9.17, 15) is 9.90 Å². The smallest absolute Gasteiger partial charge is 0.308 e. The van der Waals surface area contributed by atoms with Crippen LogP contribution in [0.1, 0.15) is 46.0 Å². The van der Waals surface area contributed by atoms with Crippen LogP contribution in [0.3, 0.4) is 0 Å². The molecule has 4 nitrogen and oxygen atoms in total. The molecule has 1 aliphatic carbocycles. The summed E-state index contributed by atoms with van der Waals surface area (Å²) >= 11 is 1.78. The van der Waals surface area contributed by atoms with Gasteiger partial charge in [-0.15, -0.1) is 0 Å². The average Bonchev–Trinajstić information content (AvgIpc) is 2.38. The third-order valence-electron chi connectivity index (χ3n) is 3.75. The van der Waals surface area contributed by atoms with Crippen molar-refractivity contribution in [3.05, 3.63) is 0 Å². The highest BCUT2D eigenvalue weighted by atomic mass is 32.2. The molecule has 0 amide bonds. The molecule has 0 saturated heterocycles. The second-order valence-electron chi connectivity index (χ2n) is 5.45. The number of aliphatic hydroxyl groups is 1. The van der Waals surface area contributed by atoms with Crippen LogP contribution in [0.5, 0.6) is 0 Å². The van der Waals surface area contributed by atoms with Gasteiger partial charge in [0.25, 0.3) is 0 Å². The molecule has 1 fully saturated rings. The standard InChI is InChI=1S/C14H27NO3S/c1-3-18-13(16)12-4-7-14(17,8-5-12)10-19-11(2)6-9-15/h11-12,17H,3-10,15H2,1-2H3. The van der Waals surface area contributed by atoms with Crippen molar-refractivity contribution in [2.45, 2.75) is 56.8 Å². The first-order valence-corrected chi connectivity index (χ1v) is 8.26. The van der Waals surface area contributed by atoms with Crippen LogP contribution in [0, 0.1) is 5.92 Å². The molecule has 0 radical (unpaired) electrons. The lowest BCUT2D eigenvalue weighted by molar-refractivity contribution is -0.150. The zero-order valence-corrected chi connectivity index (χ0v) is 12.9. The number of hydrogen-bond acceptors (Lipinski definition) is 5. The molecule has 0 aromatic rings. The lowest BCUT2D eigenvalue weighted by Crippen LogP contribution is -2.39. The Morgan fingerprint density at radius 2 is 2.16 bits per heavy atom. The van der Waals surface area contributed by atoms with Crippen molar-refractivity contribution in [1.29, 1.82) is 0 Å². The zero-order chi connectivity index (χ0) is 14.3. The van der Waals surface area contributed by atoms with Gasteiger partial charge in [-0.1, -0.05) is 6.92 Å². The Bertz CT molecular complexity index is 278. The van der Waals surface area contributed by atoms with Crippen LogP contribution in [0.15, 0.2) is 0 Å². The molecule has 1 aliphatic rings. The molecule has 0 aromatic heterocycles. The van der Waals surface area contributed by atoms with E-state index < -0.39 is 5.60 Å². The number of carbonyl (C=O) groups excluding carboxylic acids is 1. The average molecular weight is 289 g/mol. The van der Waals surface area contributed by atoms with Gasteiger partial charge in [0, 0.05) is 11.0 Å². The molecule has 0 aromatic carbocycles. The van der Waals surface area contributed by atoms with Crippen LogP contribution in [-0.2, 0) is 9.53 Å². The highest BCUT2D eigenvalue weighted by molar-refractivity contribution is 7.99. The van der Waals surface area contributed by atoms with Gasteiger partial charge in [-0.3, -0.25) is 4.79 Å². The fraction of sp³-hybridized carbons (Fsp3) is 0.929. The van der Waals surface area contributed by atoms with Crippen molar-refractivity contribution < 1.29 is 14.6 Å². The Morgan fingerprint density at radius 3 is 2.68 bits per heavy atom. The molecule has 0 heterocycles. The first-order chi connectivity index (χ1) is 9.00. The van der Waals surface area contributed by atoms with Crippen LogP contribution >= 0.6 is 11.8 Å². The van der Waals surface area contributed by atoms with Crippen molar-refractivity contribution >= 4 is 17.7 Å². The lowest BCUT2D eigenvalue weighted by Gasteiger charge is -2.35. The normalized spacial score (nSPS) is 28.9. The molecule has 3 N–H and O–H groups in total. The molecule has 0 spiro atoms. The molecule has 19 heavy (non-hydrogen) atoms. The van der Waals surface area contributed by atoms with Crippen molar-refractivity contribution in [2.75, 3.05) is 18.9 Å². The van der Waals surface area contributed by atoms with Crippen LogP contribution < -0.4 is 5.73 Å². The van der Waals surface area contributed by atoms with E-state index >= 15 is 0 Å². The summed E-state index contributed by atoms with van der Waals surface area (Å²) in [5, 5.41) is 11.0. The summed E-state index contributed by atoms with van der Waals surface area (Å²) in [5.41, 5.74) is 4.91. The monoisotopic (exact) mass is 289 g/mol. The van der Waals surface area contributed by atoms with E-state index in [-0.39, 0.29) is 11.9 Å². The second kappa shape index (κ2) is 8.12. The summed E-state index contributed by atoms with van der Waals surface area (Å²) in [5.74, 6) is 0.615. The van der Waals surface area contributed by atoms with Crippen LogP contribution in [0.2, 0.25) is 0 Å². The summed E-state index contributed by atoms with van der Waals surface area (Å²) in [6.45, 7) is 5.10. The number of nitrogens with two attached hydrogens (primary N) is 1. The highest BCUT2D eigenvalue weighted by Gasteiger charge is 2.36. The van der Waals surface area contributed by atoms with Crippen molar-refractivity contribution in [3.63, 3.8) is 0 Å². The molecule has 1 atom stereocenters. The predicted molar refractivity (Wildman–Crippen MR) is 79.1 cm³/mol. The number of esters is 1. The third-order valence-corrected chi connectivity index (χ3v) is 5.25. The van der Waals surface area contributed by atoms with E-state index in [4.69, 9.17) is 10.5 Å². The van der Waals surface area contributed by atoms with E-state index in [1.807, 2.05) is 6.92 Å². The van der Waals surface area contributed by atoms with E-state index in [1.54, 1.807) is 11.8 Å². The van der Waals surface area contributed by atoms with Crippen LogP contribution in [-0.4, -0.2) is 40.8 Å². The molecule has 1 rings (SSSR count). The molecule has 112 valence electrons. The quantitative estimate of drug-likeness (QED) is 0.701. The summed E-state index contributed by atoms with van der Waals surface area (Å²) < 4.78 is 5.04. The fourth-order valence-electron chi connectivity index (χ4n) is 2.41. The second-order valence-corrected chi connectivity index (χ2v) is 6.88. The lowest BCUT2D eigenvalue weighted by atomic mass is 9.80. The minimum absolute atomic E-state index is 0.0216. The van der Waals surface area contributed by atoms with Gasteiger partial charge in [0.1, 0.15) is 0 Å². The van der Waals surface area contributed by atoms with Gasteiger partial charge in [0.2, 0.25) is 0 Å². The van der Waals surface area contributed by atoms with Gasteiger partial charge in [0.05, 0.1) is 18.1 Å². The third kappa shape index (κ3) is 5.71. The van der Waals surface area contributed by atoms with Crippen LogP contribution in [0.25, 0.3) is 0 Å². The summed E-state index contributed by atoms with van der Waals surface area (Å²) in [6, 6.07) is 0. The van der Waals surface area contributed by atoms with Gasteiger partial charge in [-0.2, -0.15) is 11.8 Å². The molecular formula is C14H27NO3S. The van der Waals surface area contributed by atoms with Gasteiger partial charge in [-0.05, 0) is 45.6 Å². The summed E-state index contributed by atoms with van der Waals surface area (Å²) in [4.78, 5) is 11.6. The SMILES string of the molecule is CCOC(=O)C1CCC(O)(CSC(C)CCN)CC1. The summed E-state index contributed by atoms with van der Waals surface area (Å²) in [7, 11) is 0. The number of hydrogen-bond donors (Lipinski definition) is 2. The predicted octanol–water partition coefficient (Wildman–Crippen LogP) is 1.94. The number of rotatable bonds is 7. The zero-order valence-electron chi connectivity index (χ0n) is 12.1. The molecule has 5 heteroatoms. The van der Waals surface area contributed by atoms with E-state index in [0.29, 0.717) is 31.2 Å². The molecular weight excluding hydrogens is 262 g/mol. The van der Waals surface area contributed by atoms with Gasteiger partial charge in [0.15, 0.2) is 0 Å². The Kier molecular flexibility index (Phi) is 7.18. The highest BCUT2D eigenvalue weighted by Crippen LogP contribution is 2.36. The maximum Gasteiger partial charge on any atom is 0.308 e. The number of carbonyl (C=O) groups is 1.